The van der Waals surface area contributed by atoms with E-state index in [1.165, 1.54) is 9.75 Å². The maximum Gasteiger partial charge on any atom is 0.137 e. The van der Waals surface area contributed by atoms with Crippen molar-refractivity contribution in [2.24, 2.45) is 0 Å². The summed E-state index contributed by atoms with van der Waals surface area (Å²) in [5.74, 6) is 0.964. The maximum atomic E-state index is 4.10. The quantitative estimate of drug-likeness (QED) is 0.774. The van der Waals surface area contributed by atoms with E-state index in [0.717, 1.165) is 25.2 Å². The van der Waals surface area contributed by atoms with Crippen LogP contribution >= 0.6 is 11.3 Å². The van der Waals surface area contributed by atoms with E-state index in [9.17, 15) is 0 Å². The minimum absolute atomic E-state index is 0.434. The third kappa shape index (κ3) is 3.64. The second kappa shape index (κ2) is 5.93. The van der Waals surface area contributed by atoms with Crippen molar-refractivity contribution < 1.29 is 0 Å². The number of aromatic nitrogens is 3. The van der Waals surface area contributed by atoms with E-state index < -0.39 is 0 Å². The van der Waals surface area contributed by atoms with Crippen molar-refractivity contribution in [1.82, 2.24) is 20.5 Å². The fourth-order valence-corrected chi connectivity index (χ4v) is 2.62. The molecule has 0 aliphatic heterocycles. The topological polar surface area (TPSA) is 53.6 Å². The predicted molar refractivity (Wildman–Crippen MR) is 70.2 cm³/mol. The Morgan fingerprint density at radius 3 is 3.00 bits per heavy atom. The van der Waals surface area contributed by atoms with Gasteiger partial charge in [0.25, 0.3) is 0 Å². The van der Waals surface area contributed by atoms with Crippen molar-refractivity contribution >= 4 is 11.3 Å². The van der Waals surface area contributed by atoms with E-state index in [2.05, 4.69) is 46.5 Å². The van der Waals surface area contributed by atoms with E-state index in [1.807, 2.05) is 11.3 Å². The predicted octanol–water partition coefficient (Wildman–Crippen LogP) is 2.46. The summed E-state index contributed by atoms with van der Waals surface area (Å²) >= 11 is 1.86. The Bertz CT molecular complexity index is 435. The Morgan fingerprint density at radius 2 is 2.35 bits per heavy atom. The van der Waals surface area contributed by atoms with Crippen LogP contribution in [0.15, 0.2) is 18.5 Å². The summed E-state index contributed by atoms with van der Waals surface area (Å²) in [4.78, 5) is 6.88. The fourth-order valence-electron chi connectivity index (χ4n) is 1.71. The summed E-state index contributed by atoms with van der Waals surface area (Å²) in [6.07, 6.45) is 3.58. The first kappa shape index (κ1) is 12.3. The molecule has 0 bridgehead atoms. The average Bonchev–Trinajstić information content (AvgIpc) is 2.95. The number of rotatable bonds is 6. The summed E-state index contributed by atoms with van der Waals surface area (Å²) < 4.78 is 0. The number of hydrogen-bond acceptors (Lipinski definition) is 4. The van der Waals surface area contributed by atoms with Crippen LogP contribution < -0.4 is 5.32 Å². The number of aryl methyl sites for hydroxylation is 2. The van der Waals surface area contributed by atoms with Crippen LogP contribution in [0, 0.1) is 6.92 Å². The summed E-state index contributed by atoms with van der Waals surface area (Å²) in [6.45, 7) is 5.35. The average molecular weight is 250 g/mol. The molecule has 0 aliphatic carbocycles. The van der Waals surface area contributed by atoms with Crippen LogP contribution in [0.3, 0.4) is 0 Å². The Hall–Kier alpha value is -1.20. The minimum atomic E-state index is 0.434. The molecule has 4 nitrogen and oxygen atoms in total. The monoisotopic (exact) mass is 250 g/mol. The van der Waals surface area contributed by atoms with Crippen molar-refractivity contribution in [2.45, 2.75) is 32.7 Å². The number of nitrogens with one attached hydrogen (secondary N) is 2. The van der Waals surface area contributed by atoms with Crippen molar-refractivity contribution in [1.29, 1.82) is 0 Å². The van der Waals surface area contributed by atoms with Gasteiger partial charge in [-0.1, -0.05) is 0 Å². The van der Waals surface area contributed by atoms with Gasteiger partial charge in [-0.15, -0.1) is 11.3 Å². The SMILES string of the molecule is Cc1ccc(C(C)NCCCc2ncn[nH]2)s1. The molecule has 0 radical (unpaired) electrons. The lowest BCUT2D eigenvalue weighted by atomic mass is 10.2. The molecule has 0 saturated carbocycles. The normalized spacial score (nSPS) is 12.8. The molecule has 5 heteroatoms. The van der Waals surface area contributed by atoms with Crippen molar-refractivity contribution in [3.63, 3.8) is 0 Å². The summed E-state index contributed by atoms with van der Waals surface area (Å²) in [7, 11) is 0. The zero-order valence-corrected chi connectivity index (χ0v) is 11.0. The Morgan fingerprint density at radius 1 is 1.47 bits per heavy atom. The van der Waals surface area contributed by atoms with E-state index >= 15 is 0 Å². The molecule has 0 spiro atoms. The third-order valence-corrected chi connectivity index (χ3v) is 3.88. The largest absolute Gasteiger partial charge is 0.309 e. The van der Waals surface area contributed by atoms with Crippen LogP contribution in [-0.2, 0) is 6.42 Å². The fraction of sp³-hybridized carbons (Fsp3) is 0.500. The zero-order valence-electron chi connectivity index (χ0n) is 10.2. The van der Waals surface area contributed by atoms with Gasteiger partial charge in [-0.3, -0.25) is 5.10 Å². The van der Waals surface area contributed by atoms with Crippen LogP contribution in [0.25, 0.3) is 0 Å². The van der Waals surface area contributed by atoms with Crippen molar-refractivity contribution in [3.8, 4) is 0 Å². The molecule has 1 atom stereocenters. The molecule has 0 amide bonds. The van der Waals surface area contributed by atoms with Gasteiger partial charge >= 0.3 is 0 Å². The molecule has 2 N–H and O–H groups in total. The Labute approximate surface area is 105 Å². The third-order valence-electron chi connectivity index (χ3n) is 2.69. The second-order valence-corrected chi connectivity index (χ2v) is 5.48. The number of nitrogens with zero attached hydrogens (tertiary/aromatic N) is 2. The van der Waals surface area contributed by atoms with Gasteiger partial charge in [0.05, 0.1) is 0 Å². The van der Waals surface area contributed by atoms with Gasteiger partial charge in [0.15, 0.2) is 0 Å². The molecule has 17 heavy (non-hydrogen) atoms. The summed E-state index contributed by atoms with van der Waals surface area (Å²) in [5.41, 5.74) is 0. The Balaban J connectivity index is 1.68. The van der Waals surface area contributed by atoms with Crippen LogP contribution in [-0.4, -0.2) is 21.7 Å². The first-order chi connectivity index (χ1) is 8.25. The lowest BCUT2D eigenvalue weighted by molar-refractivity contribution is 0.561. The molecule has 2 rings (SSSR count). The Kier molecular flexibility index (Phi) is 4.28. The molecule has 0 aromatic carbocycles. The highest BCUT2D eigenvalue weighted by atomic mass is 32.1. The van der Waals surface area contributed by atoms with Crippen LogP contribution in [0.5, 0.6) is 0 Å². The van der Waals surface area contributed by atoms with Crippen molar-refractivity contribution in [3.05, 3.63) is 34.0 Å². The zero-order chi connectivity index (χ0) is 12.1. The molecule has 0 aliphatic rings. The smallest absolute Gasteiger partial charge is 0.137 e. The van der Waals surface area contributed by atoms with Crippen LogP contribution in [0.2, 0.25) is 0 Å². The standard InChI is InChI=1S/C12H18N4S/c1-9-5-6-11(17-9)10(2)13-7-3-4-12-14-8-15-16-12/h5-6,8,10,13H,3-4,7H2,1-2H3,(H,14,15,16). The van der Waals surface area contributed by atoms with Gasteiger partial charge in [-0.25, -0.2) is 4.98 Å². The van der Waals surface area contributed by atoms with E-state index in [4.69, 9.17) is 0 Å². The number of thiophene rings is 1. The molecular weight excluding hydrogens is 232 g/mol. The van der Waals surface area contributed by atoms with Gasteiger partial charge in [0.2, 0.25) is 0 Å². The lowest BCUT2D eigenvalue weighted by Crippen LogP contribution is -2.19. The molecule has 2 aromatic heterocycles. The van der Waals surface area contributed by atoms with E-state index in [-0.39, 0.29) is 0 Å². The number of aromatic amines is 1. The highest BCUT2D eigenvalue weighted by Crippen LogP contribution is 2.22. The first-order valence-electron chi connectivity index (χ1n) is 5.89. The van der Waals surface area contributed by atoms with Gasteiger partial charge < -0.3 is 5.32 Å². The van der Waals surface area contributed by atoms with Crippen LogP contribution in [0.1, 0.15) is 35.0 Å². The summed E-state index contributed by atoms with van der Waals surface area (Å²) in [6, 6.07) is 4.81. The minimum Gasteiger partial charge on any atom is -0.309 e. The molecule has 0 fully saturated rings. The molecule has 1 unspecified atom stereocenters. The molecule has 92 valence electrons. The molecular formula is C12H18N4S. The lowest BCUT2D eigenvalue weighted by Gasteiger charge is -2.11. The summed E-state index contributed by atoms with van der Waals surface area (Å²) in [5, 5.41) is 10.2. The van der Waals surface area contributed by atoms with Crippen LogP contribution in [0.4, 0.5) is 0 Å². The van der Waals surface area contributed by atoms with Gasteiger partial charge in [0.1, 0.15) is 12.2 Å². The highest BCUT2D eigenvalue weighted by Gasteiger charge is 2.06. The van der Waals surface area contributed by atoms with Gasteiger partial charge in [-0.2, -0.15) is 5.10 Å². The maximum absolute atomic E-state index is 4.10. The molecule has 2 heterocycles. The highest BCUT2D eigenvalue weighted by molar-refractivity contribution is 7.12. The van der Waals surface area contributed by atoms with Gasteiger partial charge in [-0.05, 0) is 38.9 Å². The van der Waals surface area contributed by atoms with Gasteiger partial charge in [0, 0.05) is 22.2 Å². The van der Waals surface area contributed by atoms with E-state index in [1.54, 1.807) is 6.33 Å². The van der Waals surface area contributed by atoms with Crippen molar-refractivity contribution in [2.75, 3.05) is 6.54 Å². The molecule has 0 saturated heterocycles. The number of H-pyrrole nitrogens is 1. The number of hydrogen-bond donors (Lipinski definition) is 2. The first-order valence-corrected chi connectivity index (χ1v) is 6.71. The van der Waals surface area contributed by atoms with E-state index in [0.29, 0.717) is 6.04 Å². The second-order valence-electron chi connectivity index (χ2n) is 4.16. The molecule has 2 aromatic rings.